The van der Waals surface area contributed by atoms with Crippen LogP contribution in [0.15, 0.2) is 41.3 Å². The maximum absolute atomic E-state index is 12.8. The SMILES string of the molecule is Cc1ccc2sc(NNC(=O)CCSc3ccc(F)cc3)nc2c1C. The Labute approximate surface area is 153 Å². The molecule has 0 unspecified atom stereocenters. The van der Waals surface area contributed by atoms with Crippen molar-refractivity contribution in [3.8, 4) is 0 Å². The monoisotopic (exact) mass is 375 g/mol. The summed E-state index contributed by atoms with van der Waals surface area (Å²) < 4.78 is 13.9. The van der Waals surface area contributed by atoms with Crippen LogP contribution in [-0.4, -0.2) is 16.6 Å². The van der Waals surface area contributed by atoms with Crippen molar-refractivity contribution >= 4 is 44.4 Å². The molecule has 2 aromatic carbocycles. The van der Waals surface area contributed by atoms with Crippen LogP contribution in [0.3, 0.4) is 0 Å². The first kappa shape index (κ1) is 17.7. The van der Waals surface area contributed by atoms with Crippen LogP contribution in [0.2, 0.25) is 0 Å². The third kappa shape index (κ3) is 4.49. The van der Waals surface area contributed by atoms with E-state index in [4.69, 9.17) is 0 Å². The second-order valence-electron chi connectivity index (χ2n) is 5.60. The van der Waals surface area contributed by atoms with Gasteiger partial charge in [-0.05, 0) is 55.3 Å². The number of thiazole rings is 1. The normalized spacial score (nSPS) is 10.8. The smallest absolute Gasteiger partial charge is 0.239 e. The summed E-state index contributed by atoms with van der Waals surface area (Å²) in [5.74, 6) is 0.256. The molecular weight excluding hydrogens is 357 g/mol. The molecule has 1 heterocycles. The number of halogens is 1. The molecule has 2 N–H and O–H groups in total. The number of carbonyl (C=O) groups excluding carboxylic acids is 1. The molecule has 0 aliphatic carbocycles. The molecule has 25 heavy (non-hydrogen) atoms. The van der Waals surface area contributed by atoms with E-state index in [0.717, 1.165) is 20.7 Å². The summed E-state index contributed by atoms with van der Waals surface area (Å²) in [5.41, 5.74) is 8.88. The minimum absolute atomic E-state index is 0.109. The Morgan fingerprint density at radius 2 is 1.96 bits per heavy atom. The highest BCUT2D eigenvalue weighted by Gasteiger charge is 2.08. The highest BCUT2D eigenvalue weighted by Crippen LogP contribution is 2.29. The van der Waals surface area contributed by atoms with Gasteiger partial charge in [0.2, 0.25) is 11.0 Å². The zero-order valence-electron chi connectivity index (χ0n) is 13.9. The number of amides is 1. The van der Waals surface area contributed by atoms with Gasteiger partial charge in [0.1, 0.15) is 5.82 Å². The lowest BCUT2D eigenvalue weighted by molar-refractivity contribution is -0.120. The maximum Gasteiger partial charge on any atom is 0.239 e. The van der Waals surface area contributed by atoms with E-state index in [1.807, 2.05) is 13.0 Å². The molecule has 0 aliphatic rings. The van der Waals surface area contributed by atoms with Gasteiger partial charge >= 0.3 is 0 Å². The van der Waals surface area contributed by atoms with Gasteiger partial charge in [-0.3, -0.25) is 15.6 Å². The van der Waals surface area contributed by atoms with Crippen molar-refractivity contribution in [2.24, 2.45) is 0 Å². The highest BCUT2D eigenvalue weighted by molar-refractivity contribution is 7.99. The molecule has 4 nitrogen and oxygen atoms in total. The molecule has 0 saturated heterocycles. The molecule has 0 saturated carbocycles. The number of hydrazine groups is 1. The van der Waals surface area contributed by atoms with Crippen LogP contribution in [0.5, 0.6) is 0 Å². The van der Waals surface area contributed by atoms with E-state index >= 15 is 0 Å². The van der Waals surface area contributed by atoms with Crippen molar-refractivity contribution in [2.45, 2.75) is 25.2 Å². The molecule has 0 spiro atoms. The Balaban J connectivity index is 1.49. The van der Waals surface area contributed by atoms with Crippen molar-refractivity contribution in [2.75, 3.05) is 11.2 Å². The molecule has 1 aromatic heterocycles. The highest BCUT2D eigenvalue weighted by atomic mass is 32.2. The predicted molar refractivity (Wildman–Crippen MR) is 103 cm³/mol. The zero-order chi connectivity index (χ0) is 17.8. The van der Waals surface area contributed by atoms with E-state index in [2.05, 4.69) is 28.8 Å². The zero-order valence-corrected chi connectivity index (χ0v) is 15.6. The second kappa shape index (κ2) is 7.84. The van der Waals surface area contributed by atoms with E-state index in [-0.39, 0.29) is 11.7 Å². The molecule has 0 bridgehead atoms. The van der Waals surface area contributed by atoms with Crippen molar-refractivity contribution in [3.05, 3.63) is 53.3 Å². The molecule has 3 aromatic rings. The van der Waals surface area contributed by atoms with Crippen LogP contribution in [0.4, 0.5) is 9.52 Å². The molecule has 0 fully saturated rings. The Morgan fingerprint density at radius 3 is 2.72 bits per heavy atom. The summed E-state index contributed by atoms with van der Waals surface area (Å²) >= 11 is 3.02. The molecule has 130 valence electrons. The minimum Gasteiger partial charge on any atom is -0.273 e. The average molecular weight is 375 g/mol. The summed E-state index contributed by atoms with van der Waals surface area (Å²) in [4.78, 5) is 17.4. The van der Waals surface area contributed by atoms with Crippen LogP contribution >= 0.6 is 23.1 Å². The van der Waals surface area contributed by atoms with Crippen molar-refractivity contribution in [3.63, 3.8) is 0 Å². The lowest BCUT2D eigenvalue weighted by Crippen LogP contribution is -2.29. The summed E-state index contributed by atoms with van der Waals surface area (Å²) in [6, 6.07) is 10.4. The van der Waals surface area contributed by atoms with Crippen molar-refractivity contribution in [1.82, 2.24) is 10.4 Å². The Kier molecular flexibility index (Phi) is 5.55. The van der Waals surface area contributed by atoms with Crippen LogP contribution in [0.1, 0.15) is 17.5 Å². The third-order valence-electron chi connectivity index (χ3n) is 3.81. The second-order valence-corrected chi connectivity index (χ2v) is 7.80. The minimum atomic E-state index is -0.257. The van der Waals surface area contributed by atoms with Gasteiger partial charge in [-0.2, -0.15) is 0 Å². The van der Waals surface area contributed by atoms with Gasteiger partial charge < -0.3 is 0 Å². The van der Waals surface area contributed by atoms with Gasteiger partial charge in [0, 0.05) is 17.1 Å². The number of thioether (sulfide) groups is 1. The number of aromatic nitrogens is 1. The molecular formula is C18H18FN3OS2. The number of carbonyl (C=O) groups is 1. The maximum atomic E-state index is 12.8. The number of fused-ring (bicyclic) bond motifs is 1. The van der Waals surface area contributed by atoms with Gasteiger partial charge in [0.05, 0.1) is 10.2 Å². The standard InChI is InChI=1S/C18H18FN3OS2/c1-11-3-8-15-17(12(11)2)20-18(25-15)22-21-16(23)9-10-24-14-6-4-13(19)5-7-14/h3-8H,9-10H2,1-2H3,(H,20,22)(H,21,23). The van der Waals surface area contributed by atoms with E-state index in [1.54, 1.807) is 12.1 Å². The quantitative estimate of drug-likeness (QED) is 0.485. The first-order valence-electron chi connectivity index (χ1n) is 7.83. The lowest BCUT2D eigenvalue weighted by atomic mass is 10.1. The third-order valence-corrected chi connectivity index (χ3v) is 5.75. The fraction of sp³-hybridized carbons (Fsp3) is 0.222. The number of hydrogen-bond acceptors (Lipinski definition) is 5. The average Bonchev–Trinajstić information content (AvgIpc) is 3.02. The van der Waals surface area contributed by atoms with Crippen LogP contribution in [0, 0.1) is 19.7 Å². The Morgan fingerprint density at radius 1 is 1.20 bits per heavy atom. The van der Waals surface area contributed by atoms with Crippen LogP contribution in [-0.2, 0) is 4.79 Å². The van der Waals surface area contributed by atoms with Gasteiger partial charge in [0.15, 0.2) is 0 Å². The molecule has 7 heteroatoms. The molecule has 0 radical (unpaired) electrons. The Hall–Kier alpha value is -2.12. The van der Waals surface area contributed by atoms with E-state index in [9.17, 15) is 9.18 Å². The lowest BCUT2D eigenvalue weighted by Gasteiger charge is -2.05. The van der Waals surface area contributed by atoms with Crippen molar-refractivity contribution in [1.29, 1.82) is 0 Å². The fourth-order valence-electron chi connectivity index (χ4n) is 2.26. The number of rotatable bonds is 6. The predicted octanol–water partition coefficient (Wildman–Crippen LogP) is 4.68. The number of benzene rings is 2. The van der Waals surface area contributed by atoms with E-state index in [1.165, 1.54) is 40.8 Å². The number of nitrogens with zero attached hydrogens (tertiary/aromatic N) is 1. The number of hydrogen-bond donors (Lipinski definition) is 2. The summed E-state index contributed by atoms with van der Waals surface area (Å²) in [6.45, 7) is 4.11. The van der Waals surface area contributed by atoms with E-state index in [0.29, 0.717) is 17.3 Å². The fourth-order valence-corrected chi connectivity index (χ4v) is 3.99. The molecule has 0 atom stereocenters. The van der Waals surface area contributed by atoms with Crippen LogP contribution in [0.25, 0.3) is 10.2 Å². The molecule has 1 amide bonds. The van der Waals surface area contributed by atoms with Gasteiger partial charge in [0.25, 0.3) is 0 Å². The number of anilines is 1. The largest absolute Gasteiger partial charge is 0.273 e. The van der Waals surface area contributed by atoms with Gasteiger partial charge in [-0.25, -0.2) is 9.37 Å². The molecule has 0 aliphatic heterocycles. The van der Waals surface area contributed by atoms with Gasteiger partial charge in [-0.1, -0.05) is 17.4 Å². The summed E-state index contributed by atoms with van der Waals surface area (Å²) in [5, 5.41) is 0.670. The number of aryl methyl sites for hydroxylation is 2. The molecule has 3 rings (SSSR count). The van der Waals surface area contributed by atoms with Gasteiger partial charge in [-0.15, -0.1) is 11.8 Å². The first-order chi connectivity index (χ1) is 12.0. The summed E-state index contributed by atoms with van der Waals surface area (Å²) in [7, 11) is 0. The van der Waals surface area contributed by atoms with Crippen molar-refractivity contribution < 1.29 is 9.18 Å². The topological polar surface area (TPSA) is 54.0 Å². The summed E-state index contributed by atoms with van der Waals surface area (Å²) in [6.07, 6.45) is 0.359. The first-order valence-corrected chi connectivity index (χ1v) is 9.63. The number of nitrogens with one attached hydrogen (secondary N) is 2. The Bertz CT molecular complexity index is 893. The van der Waals surface area contributed by atoms with E-state index < -0.39 is 0 Å². The van der Waals surface area contributed by atoms with Crippen LogP contribution < -0.4 is 10.9 Å².